The molecule has 8 nitrogen and oxygen atoms in total. The van der Waals surface area contributed by atoms with E-state index in [4.69, 9.17) is 5.73 Å². The number of benzene rings is 2. The molecule has 0 radical (unpaired) electrons. The fourth-order valence-electron chi connectivity index (χ4n) is 2.95. The van der Waals surface area contributed by atoms with Crippen molar-refractivity contribution in [2.45, 2.75) is 37.6 Å². The minimum Gasteiger partial charge on any atom is -0.508 e. The fourth-order valence-corrected chi connectivity index (χ4v) is 4.57. The number of aromatic hydroxyl groups is 1. The predicted octanol–water partition coefficient (Wildman–Crippen LogP) is 2.91. The maximum Gasteiger partial charge on any atom is 0.269 e. The summed E-state index contributed by atoms with van der Waals surface area (Å²) in [5.74, 6) is 0.136. The first kappa shape index (κ1) is 22.8. The Labute approximate surface area is 171 Å². The maximum absolute atomic E-state index is 13.0. The molecule has 0 unspecified atom stereocenters. The van der Waals surface area contributed by atoms with Crippen molar-refractivity contribution in [3.63, 3.8) is 0 Å². The molecule has 0 amide bonds. The van der Waals surface area contributed by atoms with E-state index in [0.29, 0.717) is 19.4 Å². The molecule has 3 N–H and O–H groups in total. The maximum atomic E-state index is 13.0. The van der Waals surface area contributed by atoms with Crippen LogP contribution in [0.1, 0.15) is 25.8 Å². The van der Waals surface area contributed by atoms with Gasteiger partial charge in [-0.2, -0.15) is 4.31 Å². The molecule has 0 aliphatic heterocycles. The van der Waals surface area contributed by atoms with E-state index in [1.54, 1.807) is 12.1 Å². The van der Waals surface area contributed by atoms with Crippen LogP contribution in [0.3, 0.4) is 0 Å². The van der Waals surface area contributed by atoms with Crippen molar-refractivity contribution in [1.82, 2.24) is 4.31 Å². The lowest BCUT2D eigenvalue weighted by molar-refractivity contribution is -0.384. The normalized spacial score (nSPS) is 13.0. The van der Waals surface area contributed by atoms with Crippen LogP contribution in [0.5, 0.6) is 5.75 Å². The van der Waals surface area contributed by atoms with E-state index in [0.717, 1.165) is 5.56 Å². The molecular formula is C20H27N3O5S. The van der Waals surface area contributed by atoms with Gasteiger partial charge in [-0.25, -0.2) is 8.42 Å². The minimum atomic E-state index is -3.70. The Kier molecular flexibility index (Phi) is 7.72. The Morgan fingerprint density at radius 3 is 2.21 bits per heavy atom. The van der Waals surface area contributed by atoms with Crippen LogP contribution in [-0.2, 0) is 16.4 Å². The molecule has 29 heavy (non-hydrogen) atoms. The number of sulfonamides is 1. The number of nitro benzene ring substituents is 1. The zero-order valence-electron chi connectivity index (χ0n) is 16.6. The highest BCUT2D eigenvalue weighted by Crippen LogP contribution is 2.21. The summed E-state index contributed by atoms with van der Waals surface area (Å²) in [6, 6.07) is 11.4. The molecule has 0 saturated heterocycles. The van der Waals surface area contributed by atoms with Gasteiger partial charge in [0.1, 0.15) is 5.75 Å². The van der Waals surface area contributed by atoms with Crippen LogP contribution in [0.2, 0.25) is 0 Å². The molecule has 2 aromatic carbocycles. The van der Waals surface area contributed by atoms with Crippen LogP contribution in [0.4, 0.5) is 5.69 Å². The fraction of sp³-hybridized carbons (Fsp3) is 0.400. The Bertz CT molecular complexity index is 912. The Hall–Kier alpha value is -2.49. The smallest absolute Gasteiger partial charge is 0.269 e. The molecule has 0 heterocycles. The van der Waals surface area contributed by atoms with Gasteiger partial charge in [0.05, 0.1) is 9.82 Å². The van der Waals surface area contributed by atoms with E-state index in [9.17, 15) is 23.6 Å². The van der Waals surface area contributed by atoms with Crippen molar-refractivity contribution >= 4 is 15.7 Å². The number of rotatable bonds is 10. The molecule has 0 aromatic heterocycles. The van der Waals surface area contributed by atoms with Crippen LogP contribution >= 0.6 is 0 Å². The van der Waals surface area contributed by atoms with Crippen molar-refractivity contribution in [3.05, 3.63) is 64.2 Å². The number of hydrogen-bond donors (Lipinski definition) is 2. The van der Waals surface area contributed by atoms with Gasteiger partial charge in [0.15, 0.2) is 0 Å². The van der Waals surface area contributed by atoms with Crippen molar-refractivity contribution in [2.75, 3.05) is 13.1 Å². The summed E-state index contributed by atoms with van der Waals surface area (Å²) in [7, 11) is -3.70. The minimum absolute atomic E-state index is 0.00415. The summed E-state index contributed by atoms with van der Waals surface area (Å²) in [5.41, 5.74) is 7.08. The molecule has 1 atom stereocenters. The summed E-state index contributed by atoms with van der Waals surface area (Å²) >= 11 is 0. The van der Waals surface area contributed by atoms with Gasteiger partial charge < -0.3 is 10.8 Å². The molecule has 0 aliphatic rings. The second-order valence-corrected chi connectivity index (χ2v) is 9.37. The average Bonchev–Trinajstić information content (AvgIpc) is 2.65. The third-order valence-electron chi connectivity index (χ3n) is 4.44. The zero-order valence-corrected chi connectivity index (χ0v) is 17.4. The van der Waals surface area contributed by atoms with Gasteiger partial charge >= 0.3 is 0 Å². The standard InChI is InChI=1S/C20H27N3O5S/c1-15(2)14-22(29(27,28)20-9-7-19(24)8-10-20)12-11-17(21)13-16-3-5-18(6-4-16)23(25)26/h3-10,15,17,24H,11-14,21H2,1-2H3/t17-/m1/s1. The molecular weight excluding hydrogens is 394 g/mol. The number of nitrogens with zero attached hydrogens (tertiary/aromatic N) is 2. The topological polar surface area (TPSA) is 127 Å². The summed E-state index contributed by atoms with van der Waals surface area (Å²) in [6.45, 7) is 4.50. The number of phenolic OH excluding ortho intramolecular Hbond substituents is 1. The second kappa shape index (κ2) is 9.82. The summed E-state index contributed by atoms with van der Waals surface area (Å²) in [5, 5.41) is 20.1. The van der Waals surface area contributed by atoms with Gasteiger partial charge in [-0.1, -0.05) is 26.0 Å². The Morgan fingerprint density at radius 2 is 1.69 bits per heavy atom. The zero-order chi connectivity index (χ0) is 21.6. The molecule has 2 aromatic rings. The molecule has 0 saturated carbocycles. The molecule has 0 aliphatic carbocycles. The molecule has 158 valence electrons. The number of non-ortho nitro benzene ring substituents is 1. The van der Waals surface area contributed by atoms with Crippen LogP contribution in [-0.4, -0.2) is 41.9 Å². The molecule has 0 bridgehead atoms. The van der Waals surface area contributed by atoms with Gasteiger partial charge in [0, 0.05) is 31.3 Å². The van der Waals surface area contributed by atoms with Crippen molar-refractivity contribution in [2.24, 2.45) is 11.7 Å². The first-order valence-corrected chi connectivity index (χ1v) is 10.8. The Balaban J connectivity index is 2.05. The van der Waals surface area contributed by atoms with Crippen molar-refractivity contribution in [3.8, 4) is 5.75 Å². The molecule has 2 rings (SSSR count). The quantitative estimate of drug-likeness (QED) is 0.449. The van der Waals surface area contributed by atoms with E-state index in [-0.39, 0.29) is 34.8 Å². The van der Waals surface area contributed by atoms with Crippen LogP contribution in [0.15, 0.2) is 53.4 Å². The van der Waals surface area contributed by atoms with E-state index in [2.05, 4.69) is 0 Å². The van der Waals surface area contributed by atoms with E-state index in [1.165, 1.54) is 40.7 Å². The number of nitrogens with two attached hydrogens (primary N) is 1. The van der Waals surface area contributed by atoms with Gasteiger partial charge in [0.2, 0.25) is 10.0 Å². The lowest BCUT2D eigenvalue weighted by Crippen LogP contribution is -2.38. The van der Waals surface area contributed by atoms with Crippen LogP contribution in [0, 0.1) is 16.0 Å². The second-order valence-electron chi connectivity index (χ2n) is 7.43. The number of nitro groups is 1. The summed E-state index contributed by atoms with van der Waals surface area (Å²) < 4.78 is 27.4. The first-order valence-electron chi connectivity index (χ1n) is 9.37. The van der Waals surface area contributed by atoms with Crippen molar-refractivity contribution < 1.29 is 18.4 Å². The Morgan fingerprint density at radius 1 is 1.10 bits per heavy atom. The van der Waals surface area contributed by atoms with E-state index < -0.39 is 14.9 Å². The third kappa shape index (κ3) is 6.52. The lowest BCUT2D eigenvalue weighted by Gasteiger charge is -2.25. The molecule has 0 spiro atoms. The third-order valence-corrected chi connectivity index (χ3v) is 6.32. The van der Waals surface area contributed by atoms with Crippen LogP contribution in [0.25, 0.3) is 0 Å². The van der Waals surface area contributed by atoms with Crippen molar-refractivity contribution in [1.29, 1.82) is 0 Å². The highest BCUT2D eigenvalue weighted by Gasteiger charge is 2.25. The molecule has 0 fully saturated rings. The summed E-state index contributed by atoms with van der Waals surface area (Å²) in [6.07, 6.45) is 0.938. The van der Waals surface area contributed by atoms with E-state index in [1.807, 2.05) is 13.8 Å². The van der Waals surface area contributed by atoms with Gasteiger partial charge in [0.25, 0.3) is 5.69 Å². The number of phenols is 1. The van der Waals surface area contributed by atoms with E-state index >= 15 is 0 Å². The predicted molar refractivity (Wildman–Crippen MR) is 111 cm³/mol. The average molecular weight is 422 g/mol. The van der Waals surface area contributed by atoms with Crippen LogP contribution < -0.4 is 5.73 Å². The highest BCUT2D eigenvalue weighted by molar-refractivity contribution is 7.89. The van der Waals surface area contributed by atoms with Gasteiger partial charge in [-0.3, -0.25) is 10.1 Å². The SMILES string of the molecule is CC(C)CN(CC[C@@H](N)Cc1ccc([N+](=O)[O-])cc1)S(=O)(=O)c1ccc(O)cc1. The molecule has 9 heteroatoms. The first-order chi connectivity index (χ1) is 13.6. The lowest BCUT2D eigenvalue weighted by atomic mass is 10.0. The number of hydrogen-bond acceptors (Lipinski definition) is 6. The monoisotopic (exact) mass is 421 g/mol. The largest absolute Gasteiger partial charge is 0.508 e. The van der Waals surface area contributed by atoms with Gasteiger partial charge in [-0.05, 0) is 48.6 Å². The highest BCUT2D eigenvalue weighted by atomic mass is 32.2. The summed E-state index contributed by atoms with van der Waals surface area (Å²) in [4.78, 5) is 10.4. The van der Waals surface area contributed by atoms with Gasteiger partial charge in [-0.15, -0.1) is 0 Å².